The molecule has 1 aromatic carbocycles. The number of amides is 2. The van der Waals surface area contributed by atoms with Crippen molar-refractivity contribution in [3.8, 4) is 0 Å². The second-order valence-corrected chi connectivity index (χ2v) is 8.15. The summed E-state index contributed by atoms with van der Waals surface area (Å²) in [6, 6.07) is 11.1. The molecule has 2 amide bonds. The Morgan fingerprint density at radius 1 is 1.13 bits per heavy atom. The van der Waals surface area contributed by atoms with E-state index in [4.69, 9.17) is 0 Å². The SMILES string of the molecule is CCCN1CCN(CC(=O)Nc2ccc([C@H]3NC(=O)c4cccnc4N3C)cc2)CC1. The summed E-state index contributed by atoms with van der Waals surface area (Å²) in [7, 11) is 1.91. The van der Waals surface area contributed by atoms with E-state index < -0.39 is 0 Å². The fourth-order valence-corrected chi connectivity index (χ4v) is 4.22. The Morgan fingerprint density at radius 2 is 1.84 bits per heavy atom. The summed E-state index contributed by atoms with van der Waals surface area (Å²) < 4.78 is 0. The van der Waals surface area contributed by atoms with Crippen molar-refractivity contribution in [2.75, 3.05) is 56.5 Å². The number of hydrogen-bond donors (Lipinski definition) is 2. The maximum absolute atomic E-state index is 12.5. The van der Waals surface area contributed by atoms with Gasteiger partial charge in [0, 0.05) is 45.1 Å². The molecule has 1 aromatic heterocycles. The number of anilines is 2. The Balaban J connectivity index is 1.34. The minimum absolute atomic E-state index is 0.00194. The third-order valence-corrected chi connectivity index (χ3v) is 5.90. The van der Waals surface area contributed by atoms with Crippen LogP contribution in [0.1, 0.15) is 35.4 Å². The number of hydrogen-bond acceptors (Lipinski definition) is 6. The predicted molar refractivity (Wildman–Crippen MR) is 121 cm³/mol. The number of nitrogens with one attached hydrogen (secondary N) is 2. The minimum atomic E-state index is -0.306. The molecule has 2 aromatic rings. The van der Waals surface area contributed by atoms with E-state index in [1.165, 1.54) is 6.42 Å². The molecule has 1 saturated heterocycles. The minimum Gasteiger partial charge on any atom is -0.335 e. The van der Waals surface area contributed by atoms with Gasteiger partial charge >= 0.3 is 0 Å². The molecule has 2 aliphatic rings. The summed E-state index contributed by atoms with van der Waals surface area (Å²) in [6.07, 6.45) is 2.55. The van der Waals surface area contributed by atoms with Crippen molar-refractivity contribution in [1.82, 2.24) is 20.1 Å². The number of nitrogens with zero attached hydrogens (tertiary/aromatic N) is 4. The van der Waals surface area contributed by atoms with Crippen molar-refractivity contribution in [3.05, 3.63) is 53.7 Å². The number of aromatic nitrogens is 1. The maximum atomic E-state index is 12.5. The molecule has 0 bridgehead atoms. The van der Waals surface area contributed by atoms with Gasteiger partial charge in [0.2, 0.25) is 5.91 Å². The standard InChI is InChI=1S/C23H30N6O2/c1-3-11-28-12-14-29(15-13-28)16-20(30)25-18-8-6-17(7-9-18)21-26-23(31)19-5-4-10-24-22(19)27(21)2/h4-10,21H,3,11-16H2,1-2H3,(H,25,30)(H,26,31)/t21-/m0/s1. The van der Waals surface area contributed by atoms with Crippen LogP contribution in [0.2, 0.25) is 0 Å². The number of piperazine rings is 1. The number of pyridine rings is 1. The summed E-state index contributed by atoms with van der Waals surface area (Å²) in [5.41, 5.74) is 2.25. The van der Waals surface area contributed by atoms with Crippen LogP contribution in [0.25, 0.3) is 0 Å². The maximum Gasteiger partial charge on any atom is 0.256 e. The van der Waals surface area contributed by atoms with Crippen LogP contribution in [0.4, 0.5) is 11.5 Å². The smallest absolute Gasteiger partial charge is 0.256 e. The van der Waals surface area contributed by atoms with Crippen LogP contribution in [0.5, 0.6) is 0 Å². The molecule has 8 heteroatoms. The quantitative estimate of drug-likeness (QED) is 0.741. The van der Waals surface area contributed by atoms with E-state index in [0.717, 1.165) is 44.0 Å². The first-order chi connectivity index (χ1) is 15.0. The predicted octanol–water partition coefficient (Wildman–Crippen LogP) is 1.93. The molecule has 2 aliphatic heterocycles. The van der Waals surface area contributed by atoms with E-state index in [0.29, 0.717) is 17.9 Å². The molecule has 0 aliphatic carbocycles. The lowest BCUT2D eigenvalue weighted by Crippen LogP contribution is -2.48. The van der Waals surface area contributed by atoms with Crippen molar-refractivity contribution in [2.24, 2.45) is 0 Å². The number of carbonyl (C=O) groups is 2. The van der Waals surface area contributed by atoms with Gasteiger partial charge in [-0.1, -0.05) is 19.1 Å². The van der Waals surface area contributed by atoms with E-state index in [9.17, 15) is 9.59 Å². The van der Waals surface area contributed by atoms with Gasteiger partial charge in [-0.3, -0.25) is 14.5 Å². The van der Waals surface area contributed by atoms with Gasteiger partial charge in [-0.25, -0.2) is 4.98 Å². The Labute approximate surface area is 183 Å². The molecule has 31 heavy (non-hydrogen) atoms. The molecule has 2 N–H and O–H groups in total. The molecule has 164 valence electrons. The van der Waals surface area contributed by atoms with Crippen LogP contribution >= 0.6 is 0 Å². The molecule has 3 heterocycles. The summed E-state index contributed by atoms with van der Waals surface area (Å²) in [5.74, 6) is 0.521. The van der Waals surface area contributed by atoms with E-state index in [1.54, 1.807) is 18.3 Å². The highest BCUT2D eigenvalue weighted by Gasteiger charge is 2.30. The third-order valence-electron chi connectivity index (χ3n) is 5.90. The monoisotopic (exact) mass is 422 g/mol. The fraction of sp³-hybridized carbons (Fsp3) is 0.435. The highest BCUT2D eigenvalue weighted by Crippen LogP contribution is 2.30. The number of rotatable bonds is 6. The van der Waals surface area contributed by atoms with Gasteiger partial charge in [0.05, 0.1) is 12.1 Å². The molecule has 1 fully saturated rings. The first kappa shape index (κ1) is 21.3. The Kier molecular flexibility index (Phi) is 6.48. The van der Waals surface area contributed by atoms with Crippen LogP contribution in [0.15, 0.2) is 42.6 Å². The summed E-state index contributed by atoms with van der Waals surface area (Å²) in [6.45, 7) is 7.63. The van der Waals surface area contributed by atoms with E-state index in [-0.39, 0.29) is 18.0 Å². The molecule has 4 rings (SSSR count). The number of benzene rings is 1. The summed E-state index contributed by atoms with van der Waals surface area (Å²) in [4.78, 5) is 35.8. The average Bonchev–Trinajstić information content (AvgIpc) is 2.78. The zero-order valence-electron chi connectivity index (χ0n) is 18.2. The van der Waals surface area contributed by atoms with Crippen molar-refractivity contribution in [3.63, 3.8) is 0 Å². The van der Waals surface area contributed by atoms with Gasteiger partial charge in [-0.2, -0.15) is 0 Å². The lowest BCUT2D eigenvalue weighted by Gasteiger charge is -2.35. The zero-order valence-corrected chi connectivity index (χ0v) is 18.2. The Bertz CT molecular complexity index is 924. The molecule has 0 spiro atoms. The topological polar surface area (TPSA) is 80.8 Å². The van der Waals surface area contributed by atoms with Crippen molar-refractivity contribution in [2.45, 2.75) is 19.5 Å². The third kappa shape index (κ3) is 4.86. The van der Waals surface area contributed by atoms with Gasteiger partial charge < -0.3 is 20.4 Å². The molecule has 0 saturated carbocycles. The first-order valence-electron chi connectivity index (χ1n) is 10.9. The second-order valence-electron chi connectivity index (χ2n) is 8.15. The molecular weight excluding hydrogens is 392 g/mol. The average molecular weight is 423 g/mol. The van der Waals surface area contributed by atoms with Gasteiger partial charge in [0.15, 0.2) is 0 Å². The van der Waals surface area contributed by atoms with Crippen LogP contribution in [-0.2, 0) is 4.79 Å². The van der Waals surface area contributed by atoms with Crippen molar-refractivity contribution >= 4 is 23.3 Å². The van der Waals surface area contributed by atoms with Crippen LogP contribution in [-0.4, -0.2) is 72.9 Å². The number of fused-ring (bicyclic) bond motifs is 1. The first-order valence-corrected chi connectivity index (χ1v) is 10.9. The molecular formula is C23H30N6O2. The summed E-state index contributed by atoms with van der Waals surface area (Å²) in [5, 5.41) is 6.00. The zero-order chi connectivity index (χ0) is 21.8. The van der Waals surface area contributed by atoms with Gasteiger partial charge in [0.1, 0.15) is 12.0 Å². The lowest BCUT2D eigenvalue weighted by atomic mass is 10.1. The van der Waals surface area contributed by atoms with Gasteiger partial charge in [0.25, 0.3) is 5.91 Å². The molecule has 1 atom stereocenters. The number of carbonyl (C=O) groups excluding carboxylic acids is 2. The molecule has 0 unspecified atom stereocenters. The van der Waals surface area contributed by atoms with E-state index in [1.807, 2.05) is 36.2 Å². The van der Waals surface area contributed by atoms with Crippen LogP contribution < -0.4 is 15.5 Å². The fourth-order valence-electron chi connectivity index (χ4n) is 4.22. The van der Waals surface area contributed by atoms with E-state index >= 15 is 0 Å². The van der Waals surface area contributed by atoms with Crippen LogP contribution in [0, 0.1) is 0 Å². The molecule has 0 radical (unpaired) electrons. The van der Waals surface area contributed by atoms with E-state index in [2.05, 4.69) is 32.3 Å². The Morgan fingerprint density at radius 3 is 2.55 bits per heavy atom. The largest absolute Gasteiger partial charge is 0.335 e. The van der Waals surface area contributed by atoms with Gasteiger partial charge in [-0.05, 0) is 42.8 Å². The highest BCUT2D eigenvalue weighted by atomic mass is 16.2. The van der Waals surface area contributed by atoms with Crippen LogP contribution in [0.3, 0.4) is 0 Å². The normalized spacial score (nSPS) is 19.6. The highest BCUT2D eigenvalue weighted by molar-refractivity contribution is 6.01. The Hall–Kier alpha value is -2.97. The summed E-state index contributed by atoms with van der Waals surface area (Å²) >= 11 is 0. The van der Waals surface area contributed by atoms with Crippen molar-refractivity contribution in [1.29, 1.82) is 0 Å². The lowest BCUT2D eigenvalue weighted by molar-refractivity contribution is -0.117. The van der Waals surface area contributed by atoms with Gasteiger partial charge in [-0.15, -0.1) is 0 Å². The second kappa shape index (κ2) is 9.45. The molecule has 8 nitrogen and oxygen atoms in total. The van der Waals surface area contributed by atoms with Crippen molar-refractivity contribution < 1.29 is 9.59 Å².